The highest BCUT2D eigenvalue weighted by Gasteiger charge is 2.28. The summed E-state index contributed by atoms with van der Waals surface area (Å²) >= 11 is 0. The van der Waals surface area contributed by atoms with Crippen molar-refractivity contribution in [2.24, 2.45) is 0 Å². The molecular formula is C33H38N6O5S. The summed E-state index contributed by atoms with van der Waals surface area (Å²) in [6.45, 7) is 8.53. The van der Waals surface area contributed by atoms with Crippen molar-refractivity contribution in [3.8, 4) is 22.9 Å². The standard InChI is InChI=1S/C33H38N6O5S/c1-23-28(15-8-16-29(23)45(41,42)36-21-24-11-6-5-7-12-24)43-30-26(14-9-18-34-30)27-17-19-35-31(38-27)37-25-13-10-20-39(22-25)32(40)44-33(2,3)4/h5-9,11-12,14-19,25,36H,10,13,20-22H2,1-4H3,(H,35,37,38)/t25-/m0/s1. The second-order valence-corrected chi connectivity index (χ2v) is 13.6. The van der Waals surface area contributed by atoms with Gasteiger partial charge in [0.15, 0.2) is 0 Å². The van der Waals surface area contributed by atoms with Gasteiger partial charge in [0, 0.05) is 43.6 Å². The number of hydrogen-bond donors (Lipinski definition) is 2. The van der Waals surface area contributed by atoms with Gasteiger partial charge in [-0.05, 0) is 76.4 Å². The van der Waals surface area contributed by atoms with Gasteiger partial charge >= 0.3 is 6.09 Å². The lowest BCUT2D eigenvalue weighted by Gasteiger charge is -2.34. The van der Waals surface area contributed by atoms with Crippen LogP contribution in [-0.4, -0.2) is 59.1 Å². The van der Waals surface area contributed by atoms with Gasteiger partial charge in [0.05, 0.1) is 16.2 Å². The molecule has 2 N–H and O–H groups in total. The van der Waals surface area contributed by atoms with Crippen molar-refractivity contribution in [2.45, 2.75) is 63.6 Å². The molecule has 4 aromatic rings. The van der Waals surface area contributed by atoms with Crippen molar-refractivity contribution in [1.82, 2.24) is 24.6 Å². The quantitative estimate of drug-likeness (QED) is 0.231. The number of likely N-dealkylation sites (tertiary alicyclic amines) is 1. The van der Waals surface area contributed by atoms with E-state index in [0.29, 0.717) is 41.6 Å². The van der Waals surface area contributed by atoms with Gasteiger partial charge in [0.1, 0.15) is 11.4 Å². The highest BCUT2D eigenvalue weighted by molar-refractivity contribution is 7.89. The number of nitrogens with one attached hydrogen (secondary N) is 2. The summed E-state index contributed by atoms with van der Waals surface area (Å²) in [6.07, 6.45) is 4.59. The SMILES string of the molecule is Cc1c(Oc2ncccc2-c2ccnc(N[C@H]3CCCN(C(=O)OC(C)(C)C)C3)n2)cccc1S(=O)(=O)NCc1ccccc1. The van der Waals surface area contributed by atoms with Gasteiger partial charge < -0.3 is 19.7 Å². The molecule has 2 aromatic heterocycles. The molecule has 0 radical (unpaired) electrons. The number of pyridine rings is 1. The number of rotatable bonds is 9. The summed E-state index contributed by atoms with van der Waals surface area (Å²) in [7, 11) is -3.82. The van der Waals surface area contributed by atoms with E-state index in [2.05, 4.69) is 20.0 Å². The Morgan fingerprint density at radius 1 is 1.00 bits per heavy atom. The maximum absolute atomic E-state index is 13.2. The number of aromatic nitrogens is 3. The Bertz CT molecular complexity index is 1740. The number of anilines is 1. The van der Waals surface area contributed by atoms with Gasteiger partial charge in [0.2, 0.25) is 21.9 Å². The van der Waals surface area contributed by atoms with Crippen LogP contribution < -0.4 is 14.8 Å². The minimum Gasteiger partial charge on any atom is -0.444 e. The third-order valence-electron chi connectivity index (χ3n) is 7.15. The molecule has 5 rings (SSSR count). The maximum Gasteiger partial charge on any atom is 0.410 e. The van der Waals surface area contributed by atoms with E-state index < -0.39 is 15.6 Å². The van der Waals surface area contributed by atoms with E-state index >= 15 is 0 Å². The number of piperidine rings is 1. The summed E-state index contributed by atoms with van der Waals surface area (Å²) < 4.78 is 40.8. The Labute approximate surface area is 264 Å². The Kier molecular flexibility index (Phi) is 9.64. The summed E-state index contributed by atoms with van der Waals surface area (Å²) in [5, 5.41) is 3.36. The fourth-order valence-corrected chi connectivity index (χ4v) is 6.24. The first kappa shape index (κ1) is 31.9. The van der Waals surface area contributed by atoms with Gasteiger partial charge in [-0.25, -0.2) is 32.9 Å². The molecule has 1 saturated heterocycles. The van der Waals surface area contributed by atoms with Gasteiger partial charge in [-0.1, -0.05) is 36.4 Å². The molecule has 0 spiro atoms. The van der Waals surface area contributed by atoms with E-state index in [1.165, 1.54) is 0 Å². The summed E-state index contributed by atoms with van der Waals surface area (Å²) in [4.78, 5) is 28.0. The van der Waals surface area contributed by atoms with Crippen LogP contribution in [0.3, 0.4) is 0 Å². The van der Waals surface area contributed by atoms with Crippen LogP contribution in [0.5, 0.6) is 11.6 Å². The molecule has 0 saturated carbocycles. The lowest BCUT2D eigenvalue weighted by atomic mass is 10.1. The predicted octanol–water partition coefficient (Wildman–Crippen LogP) is 5.93. The topological polar surface area (TPSA) is 136 Å². The monoisotopic (exact) mass is 630 g/mol. The first-order chi connectivity index (χ1) is 21.5. The first-order valence-electron chi connectivity index (χ1n) is 14.8. The molecule has 1 aliphatic rings. The lowest BCUT2D eigenvalue weighted by Crippen LogP contribution is -2.47. The van der Waals surface area contributed by atoms with E-state index in [9.17, 15) is 13.2 Å². The van der Waals surface area contributed by atoms with E-state index in [1.54, 1.807) is 54.5 Å². The number of carbonyl (C=O) groups is 1. The summed E-state index contributed by atoms with van der Waals surface area (Å²) in [5.74, 6) is 1.03. The number of hydrogen-bond acceptors (Lipinski definition) is 9. The molecule has 1 atom stereocenters. The first-order valence-corrected chi connectivity index (χ1v) is 16.3. The van der Waals surface area contributed by atoms with E-state index in [1.807, 2.05) is 57.2 Å². The minimum atomic E-state index is -3.82. The molecule has 0 unspecified atom stereocenters. The number of benzene rings is 2. The molecule has 1 amide bonds. The molecule has 0 bridgehead atoms. The number of carbonyl (C=O) groups excluding carboxylic acids is 1. The fourth-order valence-electron chi connectivity index (χ4n) is 4.97. The molecule has 45 heavy (non-hydrogen) atoms. The van der Waals surface area contributed by atoms with Crippen LogP contribution in [0.4, 0.5) is 10.7 Å². The molecule has 1 fully saturated rings. The second kappa shape index (κ2) is 13.6. The van der Waals surface area contributed by atoms with Crippen molar-refractivity contribution < 1.29 is 22.7 Å². The molecule has 12 heteroatoms. The summed E-state index contributed by atoms with van der Waals surface area (Å²) in [6, 6.07) is 19.5. The Balaban J connectivity index is 1.32. The van der Waals surface area contributed by atoms with E-state index in [0.717, 1.165) is 18.4 Å². The van der Waals surface area contributed by atoms with Crippen molar-refractivity contribution in [2.75, 3.05) is 18.4 Å². The smallest absolute Gasteiger partial charge is 0.410 e. The number of nitrogens with zero attached hydrogens (tertiary/aromatic N) is 4. The highest BCUT2D eigenvalue weighted by Crippen LogP contribution is 2.34. The van der Waals surface area contributed by atoms with Crippen LogP contribution in [-0.2, 0) is 21.3 Å². The second-order valence-electron chi connectivity index (χ2n) is 11.8. The van der Waals surface area contributed by atoms with Crippen LogP contribution in [0.2, 0.25) is 0 Å². The zero-order valence-corrected chi connectivity index (χ0v) is 26.7. The van der Waals surface area contributed by atoms with E-state index in [4.69, 9.17) is 14.5 Å². The van der Waals surface area contributed by atoms with Crippen LogP contribution in [0, 0.1) is 6.92 Å². The van der Waals surface area contributed by atoms with Crippen LogP contribution >= 0.6 is 0 Å². The summed E-state index contributed by atoms with van der Waals surface area (Å²) in [5.41, 5.74) is 1.92. The third kappa shape index (κ3) is 8.34. The average molecular weight is 631 g/mol. The molecule has 11 nitrogen and oxygen atoms in total. The fraction of sp³-hybridized carbons (Fsp3) is 0.333. The predicted molar refractivity (Wildman–Crippen MR) is 171 cm³/mol. The van der Waals surface area contributed by atoms with Crippen LogP contribution in [0.15, 0.2) is 84.0 Å². The van der Waals surface area contributed by atoms with Crippen LogP contribution in [0.1, 0.15) is 44.7 Å². The minimum absolute atomic E-state index is 0.0472. The highest BCUT2D eigenvalue weighted by atomic mass is 32.2. The zero-order chi connectivity index (χ0) is 32.0. The van der Waals surface area contributed by atoms with Crippen molar-refractivity contribution in [3.05, 3.63) is 90.3 Å². The van der Waals surface area contributed by atoms with Gasteiger partial charge in [-0.2, -0.15) is 0 Å². The van der Waals surface area contributed by atoms with Gasteiger partial charge in [-0.15, -0.1) is 0 Å². The molecule has 0 aliphatic carbocycles. The Hall–Kier alpha value is -4.55. The van der Waals surface area contributed by atoms with Gasteiger partial charge in [0.25, 0.3) is 0 Å². The molecule has 2 aromatic carbocycles. The van der Waals surface area contributed by atoms with E-state index in [-0.39, 0.29) is 29.5 Å². The maximum atomic E-state index is 13.2. The molecule has 236 valence electrons. The zero-order valence-electron chi connectivity index (χ0n) is 25.9. The van der Waals surface area contributed by atoms with Crippen molar-refractivity contribution >= 4 is 22.1 Å². The van der Waals surface area contributed by atoms with Crippen LogP contribution in [0.25, 0.3) is 11.3 Å². The van der Waals surface area contributed by atoms with Crippen molar-refractivity contribution in [1.29, 1.82) is 0 Å². The largest absolute Gasteiger partial charge is 0.444 e. The van der Waals surface area contributed by atoms with Gasteiger partial charge in [-0.3, -0.25) is 0 Å². The average Bonchev–Trinajstić information content (AvgIpc) is 3.01. The number of ether oxygens (including phenoxy) is 2. The van der Waals surface area contributed by atoms with Crippen molar-refractivity contribution in [3.63, 3.8) is 0 Å². The Morgan fingerprint density at radius 2 is 1.80 bits per heavy atom. The number of sulfonamides is 1. The molecular weight excluding hydrogens is 592 g/mol. The number of amides is 1. The molecule has 1 aliphatic heterocycles. The molecule has 3 heterocycles. The third-order valence-corrected chi connectivity index (χ3v) is 8.69. The lowest BCUT2D eigenvalue weighted by molar-refractivity contribution is 0.0206. The normalized spacial score (nSPS) is 15.4. The Morgan fingerprint density at radius 3 is 2.58 bits per heavy atom.